The largest absolute Gasteiger partial charge is 0.339 e. The Balaban J connectivity index is 1.56. The molecule has 5 nitrogen and oxygen atoms in total. The first kappa shape index (κ1) is 15.0. The van der Waals surface area contributed by atoms with Crippen LogP contribution in [0.4, 0.5) is 0 Å². The number of aryl methyl sites for hydroxylation is 1. The summed E-state index contributed by atoms with van der Waals surface area (Å²) in [5.74, 6) is 2.26. The molecule has 3 atom stereocenters. The minimum Gasteiger partial charge on any atom is -0.339 e. The van der Waals surface area contributed by atoms with Crippen molar-refractivity contribution in [3.8, 4) is 0 Å². The fourth-order valence-electron chi connectivity index (χ4n) is 3.95. The number of piperidine rings is 1. The number of nitrogens with zero attached hydrogens (tertiary/aromatic N) is 3. The molecule has 0 radical (unpaired) electrons. The van der Waals surface area contributed by atoms with Crippen molar-refractivity contribution in [1.82, 2.24) is 20.4 Å². The SMILES string of the molecule is CCNC(C)CCc1nc(C2CC3CCC(C2)N3C)no1. The molecule has 1 aromatic heterocycles. The van der Waals surface area contributed by atoms with E-state index in [0.717, 1.165) is 43.2 Å². The van der Waals surface area contributed by atoms with Gasteiger partial charge < -0.3 is 14.7 Å². The molecule has 21 heavy (non-hydrogen) atoms. The van der Waals surface area contributed by atoms with Gasteiger partial charge in [-0.2, -0.15) is 4.98 Å². The Kier molecular flexibility index (Phi) is 4.60. The highest BCUT2D eigenvalue weighted by molar-refractivity contribution is 5.05. The molecule has 3 rings (SSSR count). The first-order valence-corrected chi connectivity index (χ1v) is 8.45. The molecular weight excluding hydrogens is 264 g/mol. The van der Waals surface area contributed by atoms with Crippen LogP contribution in [-0.4, -0.2) is 46.8 Å². The Hall–Kier alpha value is -0.940. The lowest BCUT2D eigenvalue weighted by Crippen LogP contribution is -2.39. The van der Waals surface area contributed by atoms with Gasteiger partial charge in [0.1, 0.15) is 0 Å². The smallest absolute Gasteiger partial charge is 0.226 e. The van der Waals surface area contributed by atoms with E-state index < -0.39 is 0 Å². The average Bonchev–Trinajstić information content (AvgIpc) is 2.99. The molecule has 118 valence electrons. The molecule has 2 aliphatic heterocycles. The molecule has 2 saturated heterocycles. The van der Waals surface area contributed by atoms with Crippen molar-refractivity contribution in [2.75, 3.05) is 13.6 Å². The molecule has 0 aromatic carbocycles. The molecule has 1 N–H and O–H groups in total. The molecular formula is C16H28N4O. The van der Waals surface area contributed by atoms with E-state index >= 15 is 0 Å². The molecule has 1 aromatic rings. The van der Waals surface area contributed by atoms with Crippen LogP contribution in [0.2, 0.25) is 0 Å². The van der Waals surface area contributed by atoms with Gasteiger partial charge in [-0.25, -0.2) is 0 Å². The predicted octanol–water partition coefficient (Wildman–Crippen LogP) is 2.34. The lowest BCUT2D eigenvalue weighted by molar-refractivity contribution is 0.157. The zero-order chi connectivity index (χ0) is 14.8. The normalized spacial score (nSPS) is 30.7. The average molecular weight is 292 g/mol. The summed E-state index contributed by atoms with van der Waals surface area (Å²) >= 11 is 0. The molecule has 0 spiro atoms. The van der Waals surface area contributed by atoms with Crippen molar-refractivity contribution in [2.24, 2.45) is 0 Å². The Bertz CT molecular complexity index is 447. The molecule has 2 bridgehead atoms. The summed E-state index contributed by atoms with van der Waals surface area (Å²) in [5, 5.41) is 7.68. The first-order chi connectivity index (χ1) is 10.2. The summed E-state index contributed by atoms with van der Waals surface area (Å²) in [6.07, 6.45) is 6.99. The zero-order valence-electron chi connectivity index (χ0n) is 13.5. The highest BCUT2D eigenvalue weighted by Crippen LogP contribution is 2.41. The van der Waals surface area contributed by atoms with Gasteiger partial charge in [0.15, 0.2) is 5.82 Å². The molecule has 0 amide bonds. The molecule has 2 fully saturated rings. The molecule has 3 heterocycles. The van der Waals surface area contributed by atoms with Crippen LogP contribution in [0.25, 0.3) is 0 Å². The van der Waals surface area contributed by atoms with E-state index in [-0.39, 0.29) is 0 Å². The second-order valence-electron chi connectivity index (χ2n) is 6.76. The lowest BCUT2D eigenvalue weighted by atomic mass is 9.90. The predicted molar refractivity (Wildman–Crippen MR) is 82.3 cm³/mol. The van der Waals surface area contributed by atoms with Crippen LogP contribution in [0.5, 0.6) is 0 Å². The van der Waals surface area contributed by atoms with Gasteiger partial charge in [-0.15, -0.1) is 0 Å². The molecule has 0 aliphatic carbocycles. The quantitative estimate of drug-likeness (QED) is 0.872. The lowest BCUT2D eigenvalue weighted by Gasteiger charge is -2.34. The Morgan fingerprint density at radius 1 is 1.33 bits per heavy atom. The number of nitrogens with one attached hydrogen (secondary N) is 1. The second kappa shape index (κ2) is 6.44. The van der Waals surface area contributed by atoms with E-state index in [9.17, 15) is 0 Å². The van der Waals surface area contributed by atoms with E-state index in [1.54, 1.807) is 0 Å². The van der Waals surface area contributed by atoms with Crippen molar-refractivity contribution in [1.29, 1.82) is 0 Å². The minimum atomic E-state index is 0.502. The van der Waals surface area contributed by atoms with Crippen molar-refractivity contribution in [3.05, 3.63) is 11.7 Å². The van der Waals surface area contributed by atoms with Crippen LogP contribution in [0.1, 0.15) is 63.6 Å². The van der Waals surface area contributed by atoms with E-state index in [4.69, 9.17) is 4.52 Å². The Morgan fingerprint density at radius 3 is 2.71 bits per heavy atom. The third-order valence-corrected chi connectivity index (χ3v) is 5.29. The maximum atomic E-state index is 5.46. The third kappa shape index (κ3) is 3.29. The van der Waals surface area contributed by atoms with Crippen LogP contribution in [0.3, 0.4) is 0 Å². The maximum absolute atomic E-state index is 5.46. The second-order valence-corrected chi connectivity index (χ2v) is 6.76. The van der Waals surface area contributed by atoms with Crippen LogP contribution in [0, 0.1) is 0 Å². The Labute approximate surface area is 127 Å². The summed E-state index contributed by atoms with van der Waals surface area (Å²) in [6, 6.07) is 1.96. The van der Waals surface area contributed by atoms with Crippen LogP contribution in [-0.2, 0) is 6.42 Å². The fraction of sp³-hybridized carbons (Fsp3) is 0.875. The van der Waals surface area contributed by atoms with E-state index in [1.165, 1.54) is 25.7 Å². The van der Waals surface area contributed by atoms with Crippen molar-refractivity contribution in [3.63, 3.8) is 0 Å². The highest BCUT2D eigenvalue weighted by atomic mass is 16.5. The maximum Gasteiger partial charge on any atom is 0.226 e. The summed E-state index contributed by atoms with van der Waals surface area (Å²) in [7, 11) is 2.27. The number of rotatable bonds is 6. The molecule has 0 saturated carbocycles. The standard InChI is InChI=1S/C16H28N4O/c1-4-17-11(2)5-8-15-18-16(19-21-15)12-9-13-6-7-14(10-12)20(13)3/h11-14,17H,4-10H2,1-3H3. The Morgan fingerprint density at radius 2 is 2.05 bits per heavy atom. The van der Waals surface area contributed by atoms with Gasteiger partial charge in [-0.3, -0.25) is 0 Å². The topological polar surface area (TPSA) is 54.2 Å². The first-order valence-electron chi connectivity index (χ1n) is 8.45. The van der Waals surface area contributed by atoms with Gasteiger partial charge >= 0.3 is 0 Å². The summed E-state index contributed by atoms with van der Waals surface area (Å²) in [6.45, 7) is 5.35. The number of fused-ring (bicyclic) bond motifs is 2. The van der Waals surface area contributed by atoms with E-state index in [0.29, 0.717) is 12.0 Å². The van der Waals surface area contributed by atoms with E-state index in [1.807, 2.05) is 0 Å². The summed E-state index contributed by atoms with van der Waals surface area (Å²) in [4.78, 5) is 7.21. The molecule has 2 aliphatic rings. The van der Waals surface area contributed by atoms with Crippen LogP contribution >= 0.6 is 0 Å². The van der Waals surface area contributed by atoms with Crippen LogP contribution in [0.15, 0.2) is 4.52 Å². The van der Waals surface area contributed by atoms with E-state index in [2.05, 4.69) is 41.3 Å². The van der Waals surface area contributed by atoms with Crippen molar-refractivity contribution < 1.29 is 4.52 Å². The zero-order valence-corrected chi connectivity index (χ0v) is 13.5. The minimum absolute atomic E-state index is 0.502. The van der Waals surface area contributed by atoms with Gasteiger partial charge in [-0.05, 0) is 52.6 Å². The van der Waals surface area contributed by atoms with Gasteiger partial charge in [0.25, 0.3) is 0 Å². The number of hydrogen-bond donors (Lipinski definition) is 1. The summed E-state index contributed by atoms with van der Waals surface area (Å²) < 4.78 is 5.46. The van der Waals surface area contributed by atoms with Crippen molar-refractivity contribution in [2.45, 2.75) is 76.4 Å². The van der Waals surface area contributed by atoms with Gasteiger partial charge in [0.05, 0.1) is 0 Å². The van der Waals surface area contributed by atoms with Crippen molar-refractivity contribution >= 4 is 0 Å². The van der Waals surface area contributed by atoms with Gasteiger partial charge in [0, 0.05) is 30.5 Å². The third-order valence-electron chi connectivity index (χ3n) is 5.29. The van der Waals surface area contributed by atoms with Gasteiger partial charge in [-0.1, -0.05) is 12.1 Å². The summed E-state index contributed by atoms with van der Waals surface area (Å²) in [5.41, 5.74) is 0. The number of hydrogen-bond acceptors (Lipinski definition) is 5. The number of aromatic nitrogens is 2. The fourth-order valence-corrected chi connectivity index (χ4v) is 3.95. The van der Waals surface area contributed by atoms with Crippen LogP contribution < -0.4 is 5.32 Å². The monoisotopic (exact) mass is 292 g/mol. The molecule has 5 heteroatoms. The molecule has 3 unspecified atom stereocenters. The highest BCUT2D eigenvalue weighted by Gasteiger charge is 2.40. The van der Waals surface area contributed by atoms with Gasteiger partial charge in [0.2, 0.25) is 5.89 Å².